The number of anilines is 2. The van der Waals surface area contributed by atoms with Gasteiger partial charge in [-0.25, -0.2) is 4.90 Å². The largest absolute Gasteiger partial charge is 0.497 e. The lowest BCUT2D eigenvalue weighted by Crippen LogP contribution is -2.41. The van der Waals surface area contributed by atoms with Crippen LogP contribution in [0.2, 0.25) is 0 Å². The van der Waals surface area contributed by atoms with Crippen LogP contribution < -0.4 is 14.5 Å². The highest BCUT2D eigenvalue weighted by Crippen LogP contribution is 2.34. The van der Waals surface area contributed by atoms with Crippen LogP contribution in [0.25, 0.3) is 0 Å². The molecule has 0 bridgehead atoms. The zero-order valence-corrected chi connectivity index (χ0v) is 13.4. The quantitative estimate of drug-likeness (QED) is 0.814. The molecule has 5 nitrogen and oxygen atoms in total. The monoisotopic (exact) mass is 322 g/mol. The minimum atomic E-state index is -0.424. The Bertz CT molecular complexity index is 818. The Balaban J connectivity index is 1.65. The summed E-state index contributed by atoms with van der Waals surface area (Å²) in [6, 6.07) is 14.7. The van der Waals surface area contributed by atoms with Gasteiger partial charge in [-0.1, -0.05) is 24.3 Å². The lowest BCUT2D eigenvalue weighted by atomic mass is 10.1. The molecule has 5 heteroatoms. The average molecular weight is 322 g/mol. The summed E-state index contributed by atoms with van der Waals surface area (Å²) in [5.41, 5.74) is 2.87. The normalized spacial score (nSPS) is 19.8. The van der Waals surface area contributed by atoms with Gasteiger partial charge in [0.15, 0.2) is 0 Å². The summed E-state index contributed by atoms with van der Waals surface area (Å²) in [6.45, 7) is 0.773. The number of imide groups is 1. The summed E-state index contributed by atoms with van der Waals surface area (Å²) in [5.74, 6) is 0.302. The topological polar surface area (TPSA) is 49.9 Å². The van der Waals surface area contributed by atoms with Gasteiger partial charge in [0.25, 0.3) is 5.91 Å². The first-order chi connectivity index (χ1) is 11.7. The van der Waals surface area contributed by atoms with Gasteiger partial charge in [0, 0.05) is 18.3 Å². The first-order valence-corrected chi connectivity index (χ1v) is 8.04. The average Bonchev–Trinajstić information content (AvgIpc) is 3.15. The number of rotatable bonds is 3. The SMILES string of the molecule is COc1cccc(N2C(=O)C[C@@H](N3CCc4ccccc43)C2=O)c1. The maximum absolute atomic E-state index is 12.9. The molecule has 1 atom stereocenters. The van der Waals surface area contributed by atoms with Gasteiger partial charge in [-0.15, -0.1) is 0 Å². The van der Waals surface area contributed by atoms with E-state index in [0.29, 0.717) is 11.4 Å². The number of benzene rings is 2. The number of para-hydroxylation sites is 1. The highest BCUT2D eigenvalue weighted by molar-refractivity contribution is 6.23. The number of hydrogen-bond acceptors (Lipinski definition) is 4. The van der Waals surface area contributed by atoms with Crippen molar-refractivity contribution in [3.8, 4) is 5.75 Å². The number of carbonyl (C=O) groups excluding carboxylic acids is 2. The summed E-state index contributed by atoms with van der Waals surface area (Å²) in [4.78, 5) is 28.8. The van der Waals surface area contributed by atoms with E-state index in [1.54, 1.807) is 31.4 Å². The summed E-state index contributed by atoms with van der Waals surface area (Å²) in [5, 5.41) is 0. The molecule has 2 amide bonds. The van der Waals surface area contributed by atoms with Gasteiger partial charge in [0.05, 0.1) is 19.2 Å². The lowest BCUT2D eigenvalue weighted by molar-refractivity contribution is -0.121. The molecule has 1 fully saturated rings. The van der Waals surface area contributed by atoms with Crippen molar-refractivity contribution in [3.05, 3.63) is 54.1 Å². The predicted octanol–water partition coefficient (Wildman–Crippen LogP) is 2.39. The van der Waals surface area contributed by atoms with Crippen LogP contribution >= 0.6 is 0 Å². The second-order valence-corrected chi connectivity index (χ2v) is 6.06. The Kier molecular flexibility index (Phi) is 3.49. The standard InChI is InChI=1S/C19H18N2O3/c1-24-15-7-4-6-14(11-15)21-18(22)12-17(19(21)23)20-10-9-13-5-2-3-8-16(13)20/h2-8,11,17H,9-10,12H2,1H3/t17-/m1/s1. The number of fused-ring (bicyclic) bond motifs is 1. The molecule has 2 aromatic rings. The van der Waals surface area contributed by atoms with Gasteiger partial charge in [-0.2, -0.15) is 0 Å². The molecule has 0 saturated carbocycles. The van der Waals surface area contributed by atoms with Gasteiger partial charge in [0.2, 0.25) is 5.91 Å². The summed E-state index contributed by atoms with van der Waals surface area (Å²) >= 11 is 0. The molecule has 0 N–H and O–H groups in total. The fraction of sp³-hybridized carbons (Fsp3) is 0.263. The predicted molar refractivity (Wildman–Crippen MR) is 91.4 cm³/mol. The molecule has 122 valence electrons. The Morgan fingerprint density at radius 3 is 2.75 bits per heavy atom. The molecule has 0 radical (unpaired) electrons. The van der Waals surface area contributed by atoms with E-state index in [4.69, 9.17) is 4.74 Å². The molecule has 2 aliphatic rings. The van der Waals surface area contributed by atoms with Crippen LogP contribution in [0.5, 0.6) is 5.75 Å². The number of ether oxygens (including phenoxy) is 1. The second kappa shape index (κ2) is 5.67. The molecule has 24 heavy (non-hydrogen) atoms. The Hall–Kier alpha value is -2.82. The first-order valence-electron chi connectivity index (χ1n) is 8.04. The summed E-state index contributed by atoms with van der Waals surface area (Å²) < 4.78 is 5.20. The lowest BCUT2D eigenvalue weighted by Gasteiger charge is -2.25. The molecule has 2 aliphatic heterocycles. The molecule has 4 rings (SSSR count). The number of amides is 2. The minimum Gasteiger partial charge on any atom is -0.497 e. The van der Waals surface area contributed by atoms with Gasteiger partial charge in [0.1, 0.15) is 11.8 Å². The van der Waals surface area contributed by atoms with Gasteiger partial charge in [-0.3, -0.25) is 9.59 Å². The third-order valence-corrected chi connectivity index (χ3v) is 4.73. The van der Waals surface area contributed by atoms with E-state index < -0.39 is 6.04 Å². The number of carbonyl (C=O) groups is 2. The van der Waals surface area contributed by atoms with Crippen molar-refractivity contribution >= 4 is 23.2 Å². The first kappa shape index (κ1) is 14.8. The van der Waals surface area contributed by atoms with Crippen LogP contribution in [0.1, 0.15) is 12.0 Å². The van der Waals surface area contributed by atoms with Crippen LogP contribution in [-0.2, 0) is 16.0 Å². The highest BCUT2D eigenvalue weighted by Gasteiger charge is 2.44. The summed E-state index contributed by atoms with van der Waals surface area (Å²) in [6.07, 6.45) is 1.12. The van der Waals surface area contributed by atoms with Crippen LogP contribution in [0.4, 0.5) is 11.4 Å². The van der Waals surface area contributed by atoms with Gasteiger partial charge in [-0.05, 0) is 30.2 Å². The van der Waals surface area contributed by atoms with E-state index in [1.165, 1.54) is 10.5 Å². The Labute approximate surface area is 140 Å². The van der Waals surface area contributed by atoms with Crippen LogP contribution in [0, 0.1) is 0 Å². The second-order valence-electron chi connectivity index (χ2n) is 6.06. The van der Waals surface area contributed by atoms with E-state index >= 15 is 0 Å². The molecule has 0 unspecified atom stereocenters. The fourth-order valence-corrected chi connectivity index (χ4v) is 3.57. The third kappa shape index (κ3) is 2.24. The van der Waals surface area contributed by atoms with Crippen molar-refractivity contribution in [3.63, 3.8) is 0 Å². The van der Waals surface area contributed by atoms with E-state index in [0.717, 1.165) is 18.7 Å². The molecular formula is C19H18N2O3. The number of hydrogen-bond donors (Lipinski definition) is 0. The molecule has 0 aromatic heterocycles. The smallest absolute Gasteiger partial charge is 0.256 e. The Morgan fingerprint density at radius 1 is 1.08 bits per heavy atom. The van der Waals surface area contributed by atoms with Crippen molar-refractivity contribution in [1.82, 2.24) is 0 Å². The number of nitrogens with zero attached hydrogens (tertiary/aromatic N) is 2. The Morgan fingerprint density at radius 2 is 1.92 bits per heavy atom. The van der Waals surface area contributed by atoms with E-state index in [-0.39, 0.29) is 18.2 Å². The van der Waals surface area contributed by atoms with E-state index in [2.05, 4.69) is 11.0 Å². The van der Waals surface area contributed by atoms with Crippen molar-refractivity contribution in [2.24, 2.45) is 0 Å². The number of methoxy groups -OCH3 is 1. The van der Waals surface area contributed by atoms with Gasteiger partial charge < -0.3 is 9.64 Å². The third-order valence-electron chi connectivity index (χ3n) is 4.73. The molecule has 0 aliphatic carbocycles. The van der Waals surface area contributed by atoms with E-state index in [9.17, 15) is 9.59 Å². The van der Waals surface area contributed by atoms with Crippen LogP contribution in [-0.4, -0.2) is 31.5 Å². The van der Waals surface area contributed by atoms with Crippen molar-refractivity contribution < 1.29 is 14.3 Å². The summed E-state index contributed by atoms with van der Waals surface area (Å²) in [7, 11) is 1.57. The molecule has 2 heterocycles. The minimum absolute atomic E-state index is 0.162. The zero-order chi connectivity index (χ0) is 16.7. The van der Waals surface area contributed by atoms with E-state index in [1.807, 2.05) is 18.2 Å². The van der Waals surface area contributed by atoms with Crippen molar-refractivity contribution in [2.45, 2.75) is 18.9 Å². The van der Waals surface area contributed by atoms with Crippen LogP contribution in [0.3, 0.4) is 0 Å². The molecule has 0 spiro atoms. The van der Waals surface area contributed by atoms with Crippen LogP contribution in [0.15, 0.2) is 48.5 Å². The molecule has 1 saturated heterocycles. The molecule has 2 aromatic carbocycles. The van der Waals surface area contributed by atoms with Gasteiger partial charge >= 0.3 is 0 Å². The fourth-order valence-electron chi connectivity index (χ4n) is 3.57. The zero-order valence-electron chi connectivity index (χ0n) is 13.4. The maximum Gasteiger partial charge on any atom is 0.256 e. The highest BCUT2D eigenvalue weighted by atomic mass is 16.5. The van der Waals surface area contributed by atoms with Crippen molar-refractivity contribution in [2.75, 3.05) is 23.5 Å². The van der Waals surface area contributed by atoms with Crippen molar-refractivity contribution in [1.29, 1.82) is 0 Å². The molecular weight excluding hydrogens is 304 g/mol. The maximum atomic E-state index is 12.9.